The molecule has 0 aliphatic carbocycles. The Morgan fingerprint density at radius 1 is 1.04 bits per heavy atom. The minimum absolute atomic E-state index is 0.374. The summed E-state index contributed by atoms with van der Waals surface area (Å²) in [5, 5.41) is 0. The number of amides is 1. The van der Waals surface area contributed by atoms with Crippen LogP contribution >= 0.6 is 0 Å². The molecule has 1 aliphatic heterocycles. The molecule has 3 rings (SSSR count). The molecular weight excluding hydrogens is 331 g/mol. The van der Waals surface area contributed by atoms with Gasteiger partial charge in [-0.1, -0.05) is 0 Å². The van der Waals surface area contributed by atoms with E-state index in [-0.39, 0.29) is 0 Å². The molecular formula is C18H18F3N3O. The third-order valence-corrected chi connectivity index (χ3v) is 4.35. The van der Waals surface area contributed by atoms with E-state index in [0.29, 0.717) is 38.2 Å². The van der Waals surface area contributed by atoms with Crippen molar-refractivity contribution in [2.75, 3.05) is 31.1 Å². The molecule has 1 saturated heterocycles. The summed E-state index contributed by atoms with van der Waals surface area (Å²) in [6.07, 6.45) is 4.19. The fourth-order valence-corrected chi connectivity index (χ4v) is 3.04. The highest BCUT2D eigenvalue weighted by Crippen LogP contribution is 2.21. The zero-order valence-electron chi connectivity index (χ0n) is 13.8. The van der Waals surface area contributed by atoms with Crippen molar-refractivity contribution in [3.05, 3.63) is 59.2 Å². The van der Waals surface area contributed by atoms with E-state index in [1.807, 2.05) is 13.0 Å². The van der Waals surface area contributed by atoms with Gasteiger partial charge in [-0.05, 0) is 31.0 Å². The molecule has 132 valence electrons. The number of aryl methyl sites for hydroxylation is 1. The van der Waals surface area contributed by atoms with Crippen LogP contribution in [0.5, 0.6) is 0 Å². The lowest BCUT2D eigenvalue weighted by atomic mass is 10.1. The Kier molecular flexibility index (Phi) is 4.92. The van der Waals surface area contributed by atoms with E-state index in [1.165, 1.54) is 4.90 Å². The van der Waals surface area contributed by atoms with E-state index in [9.17, 15) is 18.0 Å². The van der Waals surface area contributed by atoms with Gasteiger partial charge in [0.15, 0.2) is 11.6 Å². The third-order valence-electron chi connectivity index (χ3n) is 4.35. The molecule has 1 aliphatic rings. The van der Waals surface area contributed by atoms with Gasteiger partial charge >= 0.3 is 0 Å². The Morgan fingerprint density at radius 2 is 1.80 bits per heavy atom. The number of nitrogens with zero attached hydrogens (tertiary/aromatic N) is 3. The Morgan fingerprint density at radius 3 is 2.56 bits per heavy atom. The maximum absolute atomic E-state index is 13.9. The summed E-state index contributed by atoms with van der Waals surface area (Å²) in [4.78, 5) is 20.2. The first-order valence-corrected chi connectivity index (χ1v) is 8.06. The Hall–Kier alpha value is -2.57. The second-order valence-corrected chi connectivity index (χ2v) is 6.04. The van der Waals surface area contributed by atoms with E-state index in [4.69, 9.17) is 0 Å². The lowest BCUT2D eigenvalue weighted by Crippen LogP contribution is -2.36. The summed E-state index contributed by atoms with van der Waals surface area (Å²) in [6.45, 7) is 4.08. The first-order chi connectivity index (χ1) is 12.0. The smallest absolute Gasteiger partial charge is 0.256 e. The van der Waals surface area contributed by atoms with Crippen molar-refractivity contribution in [3.63, 3.8) is 0 Å². The van der Waals surface area contributed by atoms with Gasteiger partial charge < -0.3 is 9.80 Å². The highest BCUT2D eigenvalue weighted by Gasteiger charge is 2.24. The van der Waals surface area contributed by atoms with Crippen molar-refractivity contribution in [1.29, 1.82) is 0 Å². The summed E-state index contributed by atoms with van der Waals surface area (Å²) in [5.74, 6) is -4.20. The minimum atomic E-state index is -1.30. The number of hydrogen-bond acceptors (Lipinski definition) is 3. The number of halogens is 3. The molecule has 7 heteroatoms. The number of benzene rings is 1. The van der Waals surface area contributed by atoms with Crippen molar-refractivity contribution < 1.29 is 18.0 Å². The van der Waals surface area contributed by atoms with Gasteiger partial charge in [-0.2, -0.15) is 0 Å². The van der Waals surface area contributed by atoms with Gasteiger partial charge in [0.05, 0.1) is 5.56 Å². The first kappa shape index (κ1) is 17.3. The number of pyridine rings is 1. The summed E-state index contributed by atoms with van der Waals surface area (Å²) in [7, 11) is 0. The quantitative estimate of drug-likeness (QED) is 0.782. The number of carbonyl (C=O) groups is 1. The highest BCUT2D eigenvalue weighted by atomic mass is 19.2. The van der Waals surface area contributed by atoms with Gasteiger partial charge in [0.1, 0.15) is 5.82 Å². The van der Waals surface area contributed by atoms with Crippen LogP contribution in [0.15, 0.2) is 30.6 Å². The van der Waals surface area contributed by atoms with Crippen molar-refractivity contribution in [2.45, 2.75) is 13.3 Å². The van der Waals surface area contributed by atoms with Gasteiger partial charge in [-0.3, -0.25) is 9.78 Å². The van der Waals surface area contributed by atoms with Crippen LogP contribution < -0.4 is 4.90 Å². The predicted octanol–water partition coefficient (Wildman–Crippen LogP) is 3.16. The molecule has 0 bridgehead atoms. The summed E-state index contributed by atoms with van der Waals surface area (Å²) >= 11 is 0. The summed E-state index contributed by atoms with van der Waals surface area (Å²) < 4.78 is 40.3. The van der Waals surface area contributed by atoms with Crippen LogP contribution in [0.3, 0.4) is 0 Å². The molecule has 0 spiro atoms. The van der Waals surface area contributed by atoms with Gasteiger partial charge in [0.2, 0.25) is 0 Å². The van der Waals surface area contributed by atoms with Crippen LogP contribution in [-0.4, -0.2) is 42.0 Å². The maximum atomic E-state index is 13.9. The SMILES string of the molecule is Cc1cnccc1N1CCCN(C(=O)c2cc(F)c(F)cc2F)CC1. The van der Waals surface area contributed by atoms with E-state index in [0.717, 1.165) is 17.8 Å². The maximum Gasteiger partial charge on any atom is 0.256 e. The van der Waals surface area contributed by atoms with E-state index < -0.39 is 28.9 Å². The first-order valence-electron chi connectivity index (χ1n) is 8.06. The monoisotopic (exact) mass is 349 g/mol. The molecule has 0 N–H and O–H groups in total. The van der Waals surface area contributed by atoms with Crippen LogP contribution in [0.1, 0.15) is 22.3 Å². The average Bonchev–Trinajstić information content (AvgIpc) is 2.84. The molecule has 1 aromatic heterocycles. The van der Waals surface area contributed by atoms with Crippen molar-refractivity contribution in [2.24, 2.45) is 0 Å². The van der Waals surface area contributed by atoms with Crippen molar-refractivity contribution in [3.8, 4) is 0 Å². The molecule has 2 aromatic rings. The predicted molar refractivity (Wildman–Crippen MR) is 88.0 cm³/mol. The number of rotatable bonds is 2. The second-order valence-electron chi connectivity index (χ2n) is 6.04. The topological polar surface area (TPSA) is 36.4 Å². The van der Waals surface area contributed by atoms with Crippen molar-refractivity contribution >= 4 is 11.6 Å². The van der Waals surface area contributed by atoms with Gasteiger partial charge in [-0.25, -0.2) is 13.2 Å². The van der Waals surface area contributed by atoms with Crippen molar-refractivity contribution in [1.82, 2.24) is 9.88 Å². The zero-order valence-corrected chi connectivity index (χ0v) is 13.8. The number of aromatic nitrogens is 1. The van der Waals surface area contributed by atoms with Crippen LogP contribution in [0, 0.1) is 24.4 Å². The third kappa shape index (κ3) is 3.60. The van der Waals surface area contributed by atoms with Gasteiger partial charge in [-0.15, -0.1) is 0 Å². The molecule has 2 heterocycles. The molecule has 1 aromatic carbocycles. The fraction of sp³-hybridized carbons (Fsp3) is 0.333. The van der Waals surface area contributed by atoms with Crippen LogP contribution in [-0.2, 0) is 0 Å². The molecule has 25 heavy (non-hydrogen) atoms. The minimum Gasteiger partial charge on any atom is -0.369 e. The lowest BCUT2D eigenvalue weighted by Gasteiger charge is -2.25. The average molecular weight is 349 g/mol. The normalized spacial score (nSPS) is 15.2. The van der Waals surface area contributed by atoms with E-state index in [1.54, 1.807) is 12.4 Å². The molecule has 1 amide bonds. The molecule has 4 nitrogen and oxygen atoms in total. The molecule has 0 radical (unpaired) electrons. The summed E-state index contributed by atoms with van der Waals surface area (Å²) in [5.41, 5.74) is 1.64. The van der Waals surface area contributed by atoms with E-state index in [2.05, 4.69) is 9.88 Å². The number of anilines is 1. The van der Waals surface area contributed by atoms with Crippen LogP contribution in [0.4, 0.5) is 18.9 Å². The standard InChI is InChI=1S/C18H18F3N3O/c1-12-11-22-4-3-17(12)23-5-2-6-24(8-7-23)18(25)13-9-15(20)16(21)10-14(13)19/h3-4,9-11H,2,5-8H2,1H3. The molecule has 0 atom stereocenters. The molecule has 0 saturated carbocycles. The number of hydrogen-bond donors (Lipinski definition) is 0. The van der Waals surface area contributed by atoms with Crippen LogP contribution in [0.2, 0.25) is 0 Å². The molecule has 1 fully saturated rings. The van der Waals surface area contributed by atoms with Crippen LogP contribution in [0.25, 0.3) is 0 Å². The lowest BCUT2D eigenvalue weighted by molar-refractivity contribution is 0.0761. The fourth-order valence-electron chi connectivity index (χ4n) is 3.04. The number of carbonyl (C=O) groups excluding carboxylic acids is 1. The van der Waals surface area contributed by atoms with Gasteiger partial charge in [0, 0.05) is 50.3 Å². The van der Waals surface area contributed by atoms with Gasteiger partial charge in [0.25, 0.3) is 5.91 Å². The Balaban J connectivity index is 1.76. The zero-order chi connectivity index (χ0) is 18.0. The van der Waals surface area contributed by atoms with E-state index >= 15 is 0 Å². The summed E-state index contributed by atoms with van der Waals surface area (Å²) in [6, 6.07) is 2.96. The highest BCUT2D eigenvalue weighted by molar-refractivity contribution is 5.94. The Bertz CT molecular complexity index is 797. The largest absolute Gasteiger partial charge is 0.369 e. The second kappa shape index (κ2) is 7.13. The Labute approximate surface area is 143 Å². The molecule has 0 unspecified atom stereocenters.